The summed E-state index contributed by atoms with van der Waals surface area (Å²) in [6.07, 6.45) is 4.22. The molecule has 94 valence electrons. The maximum atomic E-state index is 9.84. The minimum atomic E-state index is -0.0921. The number of aliphatic hydroxyl groups excluding tert-OH is 1. The van der Waals surface area contributed by atoms with Gasteiger partial charge in [0.15, 0.2) is 0 Å². The second kappa shape index (κ2) is 4.69. The summed E-state index contributed by atoms with van der Waals surface area (Å²) >= 11 is 1.80. The molecule has 0 radical (unpaired) electrons. The molecule has 17 heavy (non-hydrogen) atoms. The van der Waals surface area contributed by atoms with Gasteiger partial charge in [0.25, 0.3) is 0 Å². The molecule has 0 aromatic carbocycles. The van der Waals surface area contributed by atoms with E-state index in [-0.39, 0.29) is 6.10 Å². The Hall–Kier alpha value is -0.420. The Morgan fingerprint density at radius 3 is 2.65 bits per heavy atom. The van der Waals surface area contributed by atoms with Crippen LogP contribution >= 0.6 is 11.3 Å². The van der Waals surface area contributed by atoms with Gasteiger partial charge in [-0.25, -0.2) is 0 Å². The molecule has 0 aliphatic carbocycles. The zero-order valence-electron chi connectivity index (χ0n) is 9.96. The molecule has 2 fully saturated rings. The number of fused-ring (bicyclic) bond motifs is 2. The van der Waals surface area contributed by atoms with Crippen LogP contribution in [0.4, 0.5) is 0 Å². The summed E-state index contributed by atoms with van der Waals surface area (Å²) in [6.45, 7) is 0.684. The Balaban J connectivity index is 1.84. The fraction of sp³-hybridized carbons (Fsp3) is 0.692. The Kier molecular flexibility index (Phi) is 3.21. The lowest BCUT2D eigenvalue weighted by Gasteiger charge is -2.41. The summed E-state index contributed by atoms with van der Waals surface area (Å²) in [5.41, 5.74) is 5.98. The third-order valence-corrected chi connectivity index (χ3v) is 5.19. The molecule has 3 unspecified atom stereocenters. The highest BCUT2D eigenvalue weighted by Crippen LogP contribution is 2.42. The van der Waals surface area contributed by atoms with Crippen molar-refractivity contribution in [2.45, 2.75) is 49.9 Å². The number of rotatable bonds is 3. The molecule has 1 aromatic rings. The average Bonchev–Trinajstić information content (AvgIpc) is 2.90. The minimum Gasteiger partial charge on any atom is -0.393 e. The first-order valence-electron chi connectivity index (χ1n) is 6.48. The van der Waals surface area contributed by atoms with Crippen molar-refractivity contribution in [1.82, 2.24) is 4.90 Å². The minimum absolute atomic E-state index is 0.0921. The summed E-state index contributed by atoms with van der Waals surface area (Å²) in [7, 11) is 0. The molecule has 2 aliphatic heterocycles. The van der Waals surface area contributed by atoms with Crippen molar-refractivity contribution in [2.24, 2.45) is 5.73 Å². The van der Waals surface area contributed by atoms with Crippen molar-refractivity contribution in [2.75, 3.05) is 6.54 Å². The van der Waals surface area contributed by atoms with Gasteiger partial charge in [0, 0.05) is 23.5 Å². The summed E-state index contributed by atoms with van der Waals surface area (Å²) in [6, 6.07) is 5.73. The van der Waals surface area contributed by atoms with E-state index in [9.17, 15) is 5.11 Å². The topological polar surface area (TPSA) is 49.5 Å². The number of thiophene rings is 1. The zero-order valence-corrected chi connectivity index (χ0v) is 10.8. The molecule has 0 amide bonds. The highest BCUT2D eigenvalue weighted by molar-refractivity contribution is 7.10. The molecule has 2 aliphatic rings. The fourth-order valence-electron chi connectivity index (χ4n) is 3.56. The molecule has 1 aromatic heterocycles. The highest BCUT2D eigenvalue weighted by atomic mass is 32.1. The van der Waals surface area contributed by atoms with Crippen LogP contribution in [0.25, 0.3) is 0 Å². The third-order valence-electron chi connectivity index (χ3n) is 4.22. The van der Waals surface area contributed by atoms with Crippen molar-refractivity contribution in [3.8, 4) is 0 Å². The predicted octanol–water partition coefficient (Wildman–Crippen LogP) is 1.74. The van der Waals surface area contributed by atoms with Gasteiger partial charge in [-0.3, -0.25) is 4.90 Å². The van der Waals surface area contributed by atoms with Crippen LogP contribution in [0, 0.1) is 0 Å². The number of nitrogens with two attached hydrogens (primary N) is 1. The Labute approximate surface area is 106 Å². The summed E-state index contributed by atoms with van der Waals surface area (Å²) < 4.78 is 0. The van der Waals surface area contributed by atoms with Crippen LogP contribution in [-0.2, 0) is 0 Å². The van der Waals surface area contributed by atoms with Gasteiger partial charge in [0.05, 0.1) is 12.1 Å². The molecule has 3 N–H and O–H groups in total. The smallest absolute Gasteiger partial charge is 0.0570 e. The summed E-state index contributed by atoms with van der Waals surface area (Å²) in [5.74, 6) is 0. The first-order chi connectivity index (χ1) is 8.29. The fourth-order valence-corrected chi connectivity index (χ4v) is 4.41. The summed E-state index contributed by atoms with van der Waals surface area (Å²) in [5, 5.41) is 12.0. The number of piperidine rings is 1. The normalized spacial score (nSPS) is 35.1. The molecular weight excluding hydrogens is 232 g/mol. The van der Waals surface area contributed by atoms with E-state index >= 15 is 0 Å². The van der Waals surface area contributed by atoms with Crippen LogP contribution in [0.15, 0.2) is 17.5 Å². The lowest BCUT2D eigenvalue weighted by Crippen LogP contribution is -2.48. The third kappa shape index (κ3) is 2.03. The van der Waals surface area contributed by atoms with Gasteiger partial charge in [0.1, 0.15) is 0 Å². The molecule has 3 rings (SSSR count). The Morgan fingerprint density at radius 2 is 2.12 bits per heavy atom. The molecule has 0 spiro atoms. The maximum Gasteiger partial charge on any atom is 0.0570 e. The number of aliphatic hydroxyl groups is 1. The summed E-state index contributed by atoms with van der Waals surface area (Å²) in [4.78, 5) is 3.96. The standard InChI is InChI=1S/C13H20N2OS/c14-8-12(13-2-1-5-17-13)15-9-3-4-10(15)7-11(16)6-9/h1-2,5,9-12,16H,3-4,6-8,14H2. The van der Waals surface area contributed by atoms with Gasteiger partial charge in [-0.05, 0) is 37.1 Å². The van der Waals surface area contributed by atoms with Gasteiger partial charge in [-0.2, -0.15) is 0 Å². The van der Waals surface area contributed by atoms with E-state index in [1.807, 2.05) is 0 Å². The van der Waals surface area contributed by atoms with Crippen molar-refractivity contribution < 1.29 is 5.11 Å². The van der Waals surface area contributed by atoms with Gasteiger partial charge in [0.2, 0.25) is 0 Å². The Morgan fingerprint density at radius 1 is 1.41 bits per heavy atom. The molecule has 3 heterocycles. The van der Waals surface area contributed by atoms with Crippen LogP contribution in [0.1, 0.15) is 36.6 Å². The molecule has 0 saturated carbocycles. The Bertz CT molecular complexity index is 354. The van der Waals surface area contributed by atoms with Crippen LogP contribution < -0.4 is 5.73 Å². The molecular formula is C13H20N2OS. The number of hydrogen-bond donors (Lipinski definition) is 2. The van der Waals surface area contributed by atoms with Crippen molar-refractivity contribution >= 4 is 11.3 Å². The second-order valence-electron chi connectivity index (χ2n) is 5.22. The predicted molar refractivity (Wildman–Crippen MR) is 70.0 cm³/mol. The van der Waals surface area contributed by atoms with Crippen LogP contribution in [0.2, 0.25) is 0 Å². The van der Waals surface area contributed by atoms with Crippen molar-refractivity contribution in [3.63, 3.8) is 0 Å². The SMILES string of the molecule is NCC(c1cccs1)N1C2CCC1CC(O)C2. The van der Waals surface area contributed by atoms with E-state index < -0.39 is 0 Å². The van der Waals surface area contributed by atoms with E-state index in [1.54, 1.807) is 11.3 Å². The zero-order chi connectivity index (χ0) is 11.8. The second-order valence-corrected chi connectivity index (χ2v) is 6.20. The largest absolute Gasteiger partial charge is 0.393 e. The van der Waals surface area contributed by atoms with Crippen LogP contribution in [0.5, 0.6) is 0 Å². The van der Waals surface area contributed by atoms with E-state index in [0.717, 1.165) is 12.8 Å². The van der Waals surface area contributed by atoms with E-state index in [4.69, 9.17) is 5.73 Å². The molecule has 2 bridgehead atoms. The molecule has 3 atom stereocenters. The highest BCUT2D eigenvalue weighted by Gasteiger charge is 2.43. The first kappa shape index (κ1) is 11.7. The quantitative estimate of drug-likeness (QED) is 0.861. The molecule has 3 nitrogen and oxygen atoms in total. The average molecular weight is 252 g/mol. The van der Waals surface area contributed by atoms with Crippen molar-refractivity contribution in [3.05, 3.63) is 22.4 Å². The van der Waals surface area contributed by atoms with Gasteiger partial charge in [-0.1, -0.05) is 6.07 Å². The maximum absolute atomic E-state index is 9.84. The van der Waals surface area contributed by atoms with Crippen LogP contribution in [0.3, 0.4) is 0 Å². The van der Waals surface area contributed by atoms with Gasteiger partial charge < -0.3 is 10.8 Å². The number of hydrogen-bond acceptors (Lipinski definition) is 4. The molecule has 4 heteroatoms. The van der Waals surface area contributed by atoms with Crippen LogP contribution in [-0.4, -0.2) is 34.7 Å². The monoisotopic (exact) mass is 252 g/mol. The first-order valence-corrected chi connectivity index (χ1v) is 7.36. The van der Waals surface area contributed by atoms with E-state index in [2.05, 4.69) is 22.4 Å². The number of nitrogens with zero attached hydrogens (tertiary/aromatic N) is 1. The lowest BCUT2D eigenvalue weighted by atomic mass is 9.97. The van der Waals surface area contributed by atoms with E-state index in [1.165, 1.54) is 17.7 Å². The van der Waals surface area contributed by atoms with Crippen molar-refractivity contribution in [1.29, 1.82) is 0 Å². The molecule has 2 saturated heterocycles. The van der Waals surface area contributed by atoms with Gasteiger partial charge in [-0.15, -0.1) is 11.3 Å². The van der Waals surface area contributed by atoms with Gasteiger partial charge >= 0.3 is 0 Å². The van der Waals surface area contributed by atoms with E-state index in [0.29, 0.717) is 24.7 Å². The lowest BCUT2D eigenvalue weighted by molar-refractivity contribution is 0.0124.